The molecular weight excluding hydrogens is 456 g/mol. The number of nitrogens with zero attached hydrogens (tertiary/aromatic N) is 4. The lowest BCUT2D eigenvalue weighted by molar-refractivity contribution is 0.0795. The Bertz CT molecular complexity index is 1260. The minimum atomic E-state index is 0.0524. The fraction of sp³-hybridized carbons (Fsp3) is 0.250. The molecule has 6 nitrogen and oxygen atoms in total. The van der Waals surface area contributed by atoms with E-state index in [1.54, 1.807) is 23.8 Å². The zero-order chi connectivity index (χ0) is 24.6. The van der Waals surface area contributed by atoms with Crippen LogP contribution in [0.25, 0.3) is 11.4 Å². The molecule has 4 aromatic rings. The summed E-state index contributed by atoms with van der Waals surface area (Å²) in [5.74, 6) is 2.36. The molecular formula is C28H30N4O2S. The Kier molecular flexibility index (Phi) is 8.21. The van der Waals surface area contributed by atoms with Crippen molar-refractivity contribution in [2.45, 2.75) is 30.8 Å². The smallest absolute Gasteiger partial charge is 0.253 e. The summed E-state index contributed by atoms with van der Waals surface area (Å²) in [6.07, 6.45) is 0.943. The van der Waals surface area contributed by atoms with Crippen LogP contribution in [0, 0.1) is 0 Å². The molecule has 1 aromatic heterocycles. The third-order valence-corrected chi connectivity index (χ3v) is 6.74. The van der Waals surface area contributed by atoms with E-state index in [2.05, 4.69) is 33.8 Å². The summed E-state index contributed by atoms with van der Waals surface area (Å²) < 4.78 is 7.56. The molecule has 7 heteroatoms. The minimum Gasteiger partial charge on any atom is -0.497 e. The van der Waals surface area contributed by atoms with E-state index in [1.165, 1.54) is 5.56 Å². The Labute approximate surface area is 211 Å². The van der Waals surface area contributed by atoms with Crippen molar-refractivity contribution in [3.8, 4) is 17.1 Å². The van der Waals surface area contributed by atoms with Crippen LogP contribution in [-0.2, 0) is 12.3 Å². The lowest BCUT2D eigenvalue weighted by Gasteiger charge is -2.16. The molecule has 0 aliphatic rings. The second kappa shape index (κ2) is 11.7. The molecule has 0 bridgehead atoms. The number of thioether (sulfide) groups is 1. The van der Waals surface area contributed by atoms with Crippen LogP contribution in [0.1, 0.15) is 34.8 Å². The fourth-order valence-corrected chi connectivity index (χ4v) is 4.72. The molecule has 0 aliphatic carbocycles. The number of ether oxygens (including phenoxy) is 1. The lowest BCUT2D eigenvalue weighted by Crippen LogP contribution is -2.27. The van der Waals surface area contributed by atoms with Gasteiger partial charge in [0.15, 0.2) is 11.0 Å². The molecule has 35 heavy (non-hydrogen) atoms. The SMILES string of the molecule is CCCN(C)C(=O)c1ccc(CSc2nnc(-c3cccc(OC)c3)n2Cc2ccccc2)cc1. The van der Waals surface area contributed by atoms with Crippen molar-refractivity contribution >= 4 is 17.7 Å². The van der Waals surface area contributed by atoms with Gasteiger partial charge in [-0.3, -0.25) is 9.36 Å². The molecule has 0 saturated heterocycles. The lowest BCUT2D eigenvalue weighted by atomic mass is 10.1. The Balaban J connectivity index is 1.55. The van der Waals surface area contributed by atoms with Crippen LogP contribution in [0.5, 0.6) is 5.75 Å². The predicted octanol–water partition coefficient (Wildman–Crippen LogP) is 5.78. The van der Waals surface area contributed by atoms with Gasteiger partial charge in [0, 0.05) is 30.5 Å². The average Bonchev–Trinajstić information content (AvgIpc) is 3.30. The molecule has 0 N–H and O–H groups in total. The largest absolute Gasteiger partial charge is 0.497 e. The highest BCUT2D eigenvalue weighted by Crippen LogP contribution is 2.29. The number of amides is 1. The highest BCUT2D eigenvalue weighted by atomic mass is 32.2. The Hall–Kier alpha value is -3.58. The van der Waals surface area contributed by atoms with Crippen LogP contribution in [0.15, 0.2) is 84.0 Å². The summed E-state index contributed by atoms with van der Waals surface area (Å²) in [5, 5.41) is 9.90. The van der Waals surface area contributed by atoms with E-state index in [-0.39, 0.29) is 5.91 Å². The van der Waals surface area contributed by atoms with Crippen molar-refractivity contribution in [3.63, 3.8) is 0 Å². The van der Waals surface area contributed by atoms with Gasteiger partial charge in [0.1, 0.15) is 5.75 Å². The van der Waals surface area contributed by atoms with Gasteiger partial charge >= 0.3 is 0 Å². The number of rotatable bonds is 10. The molecule has 0 unspecified atom stereocenters. The molecule has 0 saturated carbocycles. The molecule has 4 rings (SSSR count). The van der Waals surface area contributed by atoms with Gasteiger partial charge in [-0.2, -0.15) is 0 Å². The quantitative estimate of drug-likeness (QED) is 0.266. The topological polar surface area (TPSA) is 60.3 Å². The summed E-state index contributed by atoms with van der Waals surface area (Å²) >= 11 is 1.64. The molecule has 180 valence electrons. The normalized spacial score (nSPS) is 10.8. The highest BCUT2D eigenvalue weighted by Gasteiger charge is 2.16. The van der Waals surface area contributed by atoms with E-state index >= 15 is 0 Å². The highest BCUT2D eigenvalue weighted by molar-refractivity contribution is 7.98. The van der Waals surface area contributed by atoms with Crippen LogP contribution >= 0.6 is 11.8 Å². The van der Waals surface area contributed by atoms with Crippen molar-refractivity contribution in [2.75, 3.05) is 20.7 Å². The summed E-state index contributed by atoms with van der Waals surface area (Å²) in [7, 11) is 3.50. The Morgan fingerprint density at radius 2 is 1.74 bits per heavy atom. The molecule has 0 atom stereocenters. The van der Waals surface area contributed by atoms with Crippen LogP contribution in [-0.4, -0.2) is 46.3 Å². The molecule has 0 fully saturated rings. The Morgan fingerprint density at radius 1 is 0.971 bits per heavy atom. The van der Waals surface area contributed by atoms with Crippen LogP contribution in [0.2, 0.25) is 0 Å². The second-order valence-electron chi connectivity index (χ2n) is 8.32. The molecule has 0 spiro atoms. The van der Waals surface area contributed by atoms with Crippen LogP contribution < -0.4 is 4.74 Å². The van der Waals surface area contributed by atoms with Gasteiger partial charge in [-0.25, -0.2) is 0 Å². The van der Waals surface area contributed by atoms with E-state index in [1.807, 2.05) is 73.8 Å². The first kappa shape index (κ1) is 24.5. The summed E-state index contributed by atoms with van der Waals surface area (Å²) in [5.41, 5.74) is 3.97. The summed E-state index contributed by atoms with van der Waals surface area (Å²) in [4.78, 5) is 14.3. The van der Waals surface area contributed by atoms with Gasteiger partial charge in [0.05, 0.1) is 13.7 Å². The van der Waals surface area contributed by atoms with Crippen molar-refractivity contribution < 1.29 is 9.53 Å². The van der Waals surface area contributed by atoms with E-state index in [0.717, 1.165) is 46.6 Å². The van der Waals surface area contributed by atoms with Crippen LogP contribution in [0.3, 0.4) is 0 Å². The average molecular weight is 487 g/mol. The van der Waals surface area contributed by atoms with Gasteiger partial charge in [0.25, 0.3) is 5.91 Å². The molecule has 0 radical (unpaired) electrons. The summed E-state index contributed by atoms with van der Waals surface area (Å²) in [6.45, 7) is 3.49. The van der Waals surface area contributed by atoms with Gasteiger partial charge in [-0.05, 0) is 41.8 Å². The van der Waals surface area contributed by atoms with Crippen molar-refractivity contribution in [1.29, 1.82) is 0 Å². The van der Waals surface area contributed by atoms with Crippen molar-refractivity contribution in [1.82, 2.24) is 19.7 Å². The van der Waals surface area contributed by atoms with E-state index < -0.39 is 0 Å². The monoisotopic (exact) mass is 486 g/mol. The molecule has 1 amide bonds. The number of hydrogen-bond donors (Lipinski definition) is 0. The van der Waals surface area contributed by atoms with Crippen molar-refractivity contribution in [3.05, 3.63) is 95.6 Å². The zero-order valence-corrected chi connectivity index (χ0v) is 21.2. The predicted molar refractivity (Wildman–Crippen MR) is 141 cm³/mol. The van der Waals surface area contributed by atoms with Gasteiger partial charge < -0.3 is 9.64 Å². The second-order valence-corrected chi connectivity index (χ2v) is 9.26. The Morgan fingerprint density at radius 3 is 2.46 bits per heavy atom. The molecule has 1 heterocycles. The third kappa shape index (κ3) is 6.11. The number of hydrogen-bond acceptors (Lipinski definition) is 5. The van der Waals surface area contributed by atoms with Gasteiger partial charge in [-0.1, -0.05) is 73.3 Å². The van der Waals surface area contributed by atoms with Gasteiger partial charge in [0.2, 0.25) is 0 Å². The first-order valence-electron chi connectivity index (χ1n) is 11.7. The first-order valence-corrected chi connectivity index (χ1v) is 12.7. The van der Waals surface area contributed by atoms with E-state index in [4.69, 9.17) is 4.74 Å². The number of carbonyl (C=O) groups excluding carboxylic acids is 1. The third-order valence-electron chi connectivity index (χ3n) is 5.70. The standard InChI is InChI=1S/C28H30N4O2S/c1-4-17-31(2)27(33)23-15-13-22(14-16-23)20-35-28-30-29-26(24-11-8-12-25(18-24)34-3)32(28)19-21-9-6-5-7-10-21/h5-16,18H,4,17,19-20H2,1-3H3. The minimum absolute atomic E-state index is 0.0524. The number of carbonyl (C=O) groups is 1. The van der Waals surface area contributed by atoms with Crippen molar-refractivity contribution in [2.24, 2.45) is 0 Å². The molecule has 3 aromatic carbocycles. The zero-order valence-electron chi connectivity index (χ0n) is 20.3. The number of benzene rings is 3. The maximum absolute atomic E-state index is 12.5. The van der Waals surface area contributed by atoms with Gasteiger partial charge in [-0.15, -0.1) is 10.2 Å². The summed E-state index contributed by atoms with van der Waals surface area (Å²) in [6, 6.07) is 26.0. The maximum atomic E-state index is 12.5. The van der Waals surface area contributed by atoms with E-state index in [0.29, 0.717) is 12.1 Å². The maximum Gasteiger partial charge on any atom is 0.253 e. The first-order chi connectivity index (χ1) is 17.1. The molecule has 0 aliphatic heterocycles. The fourth-order valence-electron chi connectivity index (χ4n) is 3.83. The number of aromatic nitrogens is 3. The van der Waals surface area contributed by atoms with E-state index in [9.17, 15) is 4.79 Å². The van der Waals surface area contributed by atoms with Crippen LogP contribution in [0.4, 0.5) is 0 Å². The number of methoxy groups -OCH3 is 1.